The van der Waals surface area contributed by atoms with Gasteiger partial charge in [-0.15, -0.1) is 0 Å². The number of alkyl halides is 9. The number of hydrogen-bond donors (Lipinski definition) is 0. The van der Waals surface area contributed by atoms with Crippen molar-refractivity contribution < 1.29 is 39.5 Å². The normalized spacial score (nSPS) is 15.3. The molecule has 0 aromatic rings. The molecule has 0 radical (unpaired) electrons. The predicted octanol–water partition coefficient (Wildman–Crippen LogP) is 5.89. The second kappa shape index (κ2) is 6.60. The number of rotatable bonds is 7. The molecule has 0 aliphatic heterocycles. The molecule has 0 saturated carbocycles. The Balaban J connectivity index is 5.30. The van der Waals surface area contributed by atoms with Crippen LogP contribution < -0.4 is 0 Å². The van der Waals surface area contributed by atoms with Gasteiger partial charge in [-0.25, -0.2) is 0 Å². The highest BCUT2D eigenvalue weighted by Crippen LogP contribution is 2.54. The summed E-state index contributed by atoms with van der Waals surface area (Å²) < 4.78 is 114. The van der Waals surface area contributed by atoms with Gasteiger partial charge in [-0.1, -0.05) is 44.8 Å². The summed E-state index contributed by atoms with van der Waals surface area (Å²) in [6.45, 7) is 6.77. The highest BCUT2D eigenvalue weighted by atomic mass is 28.3. The van der Waals surface area contributed by atoms with Gasteiger partial charge in [0.05, 0.1) is 0 Å². The highest BCUT2D eigenvalue weighted by Gasteiger charge is 2.81. The standard InChI is InChI=1S/C12H19F9Si/c1-7(2)22(8(3)4)6-5-9(13,14)10(15,16)11(17,18)12(19,20)21/h7-8,22H,5-6H2,1-4H3. The molecule has 0 N–H and O–H groups in total. The quantitative estimate of drug-likeness (QED) is 0.391. The fourth-order valence-electron chi connectivity index (χ4n) is 2.35. The van der Waals surface area contributed by atoms with E-state index in [0.29, 0.717) is 0 Å². The van der Waals surface area contributed by atoms with Crippen LogP contribution in [0.1, 0.15) is 34.1 Å². The van der Waals surface area contributed by atoms with Crippen molar-refractivity contribution in [3.63, 3.8) is 0 Å². The average Bonchev–Trinajstić information content (AvgIpc) is 2.25. The number of hydrogen-bond acceptors (Lipinski definition) is 0. The molecule has 0 unspecified atom stereocenters. The van der Waals surface area contributed by atoms with Gasteiger partial charge in [0.15, 0.2) is 0 Å². The molecule has 0 saturated heterocycles. The van der Waals surface area contributed by atoms with Gasteiger partial charge in [-0.3, -0.25) is 0 Å². The van der Waals surface area contributed by atoms with Gasteiger partial charge in [0.1, 0.15) is 0 Å². The van der Waals surface area contributed by atoms with Crippen molar-refractivity contribution in [1.29, 1.82) is 0 Å². The highest BCUT2D eigenvalue weighted by molar-refractivity contribution is 6.61. The summed E-state index contributed by atoms with van der Waals surface area (Å²) in [4.78, 5) is 0. The Morgan fingerprint density at radius 2 is 1.05 bits per heavy atom. The molecule has 22 heavy (non-hydrogen) atoms. The zero-order valence-corrected chi connectivity index (χ0v) is 13.7. The Morgan fingerprint density at radius 1 is 0.682 bits per heavy atom. The van der Waals surface area contributed by atoms with E-state index in [-0.39, 0.29) is 11.1 Å². The molecule has 0 spiro atoms. The molecule has 0 aliphatic carbocycles. The maximum atomic E-state index is 13.4. The Morgan fingerprint density at radius 3 is 1.32 bits per heavy atom. The van der Waals surface area contributed by atoms with Gasteiger partial charge in [0.2, 0.25) is 0 Å². The van der Waals surface area contributed by atoms with E-state index in [9.17, 15) is 39.5 Å². The molecular formula is C12H19F9Si. The van der Waals surface area contributed by atoms with E-state index in [4.69, 9.17) is 0 Å². The lowest BCUT2D eigenvalue weighted by molar-refractivity contribution is -0.396. The van der Waals surface area contributed by atoms with Crippen molar-refractivity contribution in [1.82, 2.24) is 0 Å². The third-order valence-electron chi connectivity index (χ3n) is 3.71. The fraction of sp³-hybridized carbons (Fsp3) is 1.00. The van der Waals surface area contributed by atoms with Crippen LogP contribution in [0.15, 0.2) is 0 Å². The lowest BCUT2D eigenvalue weighted by Crippen LogP contribution is -2.60. The molecule has 0 fully saturated rings. The van der Waals surface area contributed by atoms with Crippen LogP contribution in [0.3, 0.4) is 0 Å². The van der Waals surface area contributed by atoms with Gasteiger partial charge in [-0.2, -0.15) is 39.5 Å². The van der Waals surface area contributed by atoms with E-state index in [1.165, 1.54) is 0 Å². The van der Waals surface area contributed by atoms with Gasteiger partial charge in [0.25, 0.3) is 0 Å². The third-order valence-corrected chi connectivity index (χ3v) is 8.09. The van der Waals surface area contributed by atoms with Gasteiger partial charge >= 0.3 is 23.9 Å². The van der Waals surface area contributed by atoms with E-state index < -0.39 is 45.2 Å². The molecule has 0 nitrogen and oxygen atoms in total. The Bertz CT molecular complexity index is 352. The SMILES string of the molecule is CC(C)[SiH](CCC(F)(F)C(F)(F)C(F)(F)C(F)(F)F)C(C)C. The summed E-state index contributed by atoms with van der Waals surface area (Å²) >= 11 is 0. The second-order valence-electron chi connectivity index (χ2n) is 6.04. The average molecular weight is 362 g/mol. The van der Waals surface area contributed by atoms with E-state index in [2.05, 4.69) is 0 Å². The lowest BCUT2D eigenvalue weighted by Gasteiger charge is -2.34. The maximum Gasteiger partial charge on any atom is 0.460 e. The summed E-state index contributed by atoms with van der Waals surface area (Å²) in [6.07, 6.45) is -8.42. The summed E-state index contributed by atoms with van der Waals surface area (Å²) in [5.74, 6) is -18.7. The minimum absolute atomic E-state index is 0.0625. The minimum atomic E-state index is -6.78. The van der Waals surface area contributed by atoms with Crippen LogP contribution in [-0.2, 0) is 0 Å². The largest absolute Gasteiger partial charge is 0.460 e. The maximum absolute atomic E-state index is 13.4. The molecule has 134 valence electrons. The van der Waals surface area contributed by atoms with Crippen molar-refractivity contribution >= 4 is 8.80 Å². The molecule has 0 aromatic carbocycles. The lowest BCUT2D eigenvalue weighted by atomic mass is 10.0. The van der Waals surface area contributed by atoms with Gasteiger partial charge < -0.3 is 0 Å². The zero-order chi connectivity index (χ0) is 18.1. The van der Waals surface area contributed by atoms with Crippen LogP contribution in [0.25, 0.3) is 0 Å². The number of halogens is 9. The Labute approximate surface area is 124 Å². The van der Waals surface area contributed by atoms with E-state index in [1.54, 1.807) is 27.7 Å². The molecule has 0 aromatic heterocycles. The van der Waals surface area contributed by atoms with Crippen LogP contribution in [0, 0.1) is 0 Å². The van der Waals surface area contributed by atoms with Crippen LogP contribution >= 0.6 is 0 Å². The first-order valence-electron chi connectivity index (χ1n) is 6.69. The second-order valence-corrected chi connectivity index (χ2v) is 10.6. The van der Waals surface area contributed by atoms with Gasteiger partial charge in [-0.05, 0) is 0 Å². The summed E-state index contributed by atoms with van der Waals surface area (Å²) in [7, 11) is -1.99. The van der Waals surface area contributed by atoms with E-state index >= 15 is 0 Å². The summed E-state index contributed by atoms with van der Waals surface area (Å²) in [5.41, 5.74) is -0.125. The van der Waals surface area contributed by atoms with E-state index in [1.807, 2.05) is 0 Å². The first-order chi connectivity index (χ1) is 9.49. The van der Waals surface area contributed by atoms with Gasteiger partial charge in [0, 0.05) is 15.2 Å². The summed E-state index contributed by atoms with van der Waals surface area (Å²) in [6, 6.07) is -0.439. The van der Waals surface area contributed by atoms with Crippen LogP contribution in [0.5, 0.6) is 0 Å². The van der Waals surface area contributed by atoms with Crippen LogP contribution in [0.2, 0.25) is 17.1 Å². The monoisotopic (exact) mass is 362 g/mol. The topological polar surface area (TPSA) is 0 Å². The first kappa shape index (κ1) is 21.6. The Kier molecular flexibility index (Phi) is 6.48. The smallest absolute Gasteiger partial charge is 0.200 e. The molecule has 10 heteroatoms. The molecule has 0 aliphatic rings. The van der Waals surface area contributed by atoms with Crippen molar-refractivity contribution in [3.8, 4) is 0 Å². The first-order valence-corrected chi connectivity index (χ1v) is 8.84. The van der Waals surface area contributed by atoms with Crippen LogP contribution in [-0.4, -0.2) is 32.7 Å². The summed E-state index contributed by atoms with van der Waals surface area (Å²) in [5, 5.41) is 0. The van der Waals surface area contributed by atoms with Crippen molar-refractivity contribution in [2.24, 2.45) is 0 Å². The van der Waals surface area contributed by atoms with Crippen molar-refractivity contribution in [3.05, 3.63) is 0 Å². The molecule has 0 amide bonds. The molecule has 0 atom stereocenters. The van der Waals surface area contributed by atoms with E-state index in [0.717, 1.165) is 0 Å². The molecule has 0 heterocycles. The fourth-order valence-corrected chi connectivity index (χ4v) is 5.92. The predicted molar refractivity (Wildman–Crippen MR) is 67.7 cm³/mol. The van der Waals surface area contributed by atoms with Crippen molar-refractivity contribution in [2.75, 3.05) is 0 Å². The minimum Gasteiger partial charge on any atom is -0.200 e. The molecule has 0 rings (SSSR count). The van der Waals surface area contributed by atoms with Crippen molar-refractivity contribution in [2.45, 2.75) is 75.2 Å². The Hall–Kier alpha value is -0.413. The zero-order valence-electron chi connectivity index (χ0n) is 12.5. The van der Waals surface area contributed by atoms with Crippen LogP contribution in [0.4, 0.5) is 39.5 Å². The third kappa shape index (κ3) is 4.11. The molecule has 0 bridgehead atoms. The molecular weight excluding hydrogens is 343 g/mol.